The molecule has 5 heteroatoms. The quantitative estimate of drug-likeness (QED) is 0.799. The second-order valence-electron chi connectivity index (χ2n) is 4.68. The Morgan fingerprint density at radius 2 is 2.00 bits per heavy atom. The van der Waals surface area contributed by atoms with Crippen molar-refractivity contribution >= 4 is 11.6 Å². The van der Waals surface area contributed by atoms with Crippen molar-refractivity contribution in [3.05, 3.63) is 70.6 Å². The molecule has 1 aromatic carbocycles. The predicted octanol–water partition coefficient (Wildman–Crippen LogP) is 3.78. The van der Waals surface area contributed by atoms with E-state index in [1.165, 1.54) is 0 Å². The minimum Gasteiger partial charge on any atom is -0.383 e. The fourth-order valence-electron chi connectivity index (χ4n) is 2.24. The number of aliphatic hydroxyl groups excluding tert-OH is 1. The molecule has 2 heterocycles. The maximum atomic E-state index is 10.6. The van der Waals surface area contributed by atoms with Crippen LogP contribution in [0.2, 0.25) is 5.02 Å². The van der Waals surface area contributed by atoms with Crippen molar-refractivity contribution < 1.29 is 9.63 Å². The molecule has 21 heavy (non-hydrogen) atoms. The van der Waals surface area contributed by atoms with E-state index in [9.17, 15) is 5.11 Å². The van der Waals surface area contributed by atoms with E-state index in [0.29, 0.717) is 33.2 Å². The highest BCUT2D eigenvalue weighted by molar-refractivity contribution is 6.33. The van der Waals surface area contributed by atoms with Crippen LogP contribution in [0.4, 0.5) is 0 Å². The van der Waals surface area contributed by atoms with Gasteiger partial charge in [0.25, 0.3) is 0 Å². The molecular formula is C16H13ClN2O2. The minimum absolute atomic E-state index is 0.481. The van der Waals surface area contributed by atoms with Gasteiger partial charge < -0.3 is 9.63 Å². The molecule has 4 nitrogen and oxygen atoms in total. The van der Waals surface area contributed by atoms with Crippen LogP contribution in [0.25, 0.3) is 11.3 Å². The molecule has 0 amide bonds. The number of benzene rings is 1. The fourth-order valence-corrected chi connectivity index (χ4v) is 2.46. The number of aromatic nitrogens is 2. The first-order valence-electron chi connectivity index (χ1n) is 6.47. The van der Waals surface area contributed by atoms with Gasteiger partial charge in [0, 0.05) is 23.5 Å². The third-order valence-corrected chi connectivity index (χ3v) is 3.63. The lowest BCUT2D eigenvalue weighted by molar-refractivity contribution is 0.219. The highest BCUT2D eigenvalue weighted by Crippen LogP contribution is 2.37. The zero-order valence-corrected chi connectivity index (χ0v) is 12.1. The Morgan fingerprint density at radius 1 is 1.19 bits per heavy atom. The van der Waals surface area contributed by atoms with E-state index in [0.717, 1.165) is 0 Å². The van der Waals surface area contributed by atoms with Gasteiger partial charge >= 0.3 is 0 Å². The smallest absolute Gasteiger partial charge is 0.174 e. The molecule has 1 unspecified atom stereocenters. The zero-order valence-electron chi connectivity index (χ0n) is 11.3. The topological polar surface area (TPSA) is 59.2 Å². The van der Waals surface area contributed by atoms with Crippen molar-refractivity contribution in [2.75, 3.05) is 0 Å². The fraction of sp³-hybridized carbons (Fsp3) is 0.125. The summed E-state index contributed by atoms with van der Waals surface area (Å²) in [5.41, 5.74) is 2.62. The number of nitrogens with zero attached hydrogens (tertiary/aromatic N) is 2. The van der Waals surface area contributed by atoms with Gasteiger partial charge in [0.05, 0.1) is 16.3 Å². The lowest BCUT2D eigenvalue weighted by Crippen LogP contribution is -2.02. The second-order valence-corrected chi connectivity index (χ2v) is 5.09. The van der Waals surface area contributed by atoms with Gasteiger partial charge in [-0.1, -0.05) is 35.0 Å². The number of hydrogen-bond acceptors (Lipinski definition) is 4. The Kier molecular flexibility index (Phi) is 3.73. The lowest BCUT2D eigenvalue weighted by atomic mass is 9.98. The first-order chi connectivity index (χ1) is 10.2. The molecule has 2 aromatic heterocycles. The molecule has 0 aliphatic carbocycles. The molecule has 0 saturated carbocycles. The van der Waals surface area contributed by atoms with Crippen molar-refractivity contribution in [2.45, 2.75) is 13.0 Å². The van der Waals surface area contributed by atoms with Crippen molar-refractivity contribution in [3.63, 3.8) is 0 Å². The van der Waals surface area contributed by atoms with Crippen molar-refractivity contribution in [3.8, 4) is 11.3 Å². The van der Waals surface area contributed by atoms with Gasteiger partial charge in [0.2, 0.25) is 0 Å². The largest absolute Gasteiger partial charge is 0.383 e. The Bertz CT molecular complexity index is 756. The van der Waals surface area contributed by atoms with Crippen LogP contribution in [0, 0.1) is 6.92 Å². The summed E-state index contributed by atoms with van der Waals surface area (Å²) in [5.74, 6) is 0.481. The summed E-state index contributed by atoms with van der Waals surface area (Å²) in [6.45, 7) is 1.79. The highest BCUT2D eigenvalue weighted by atomic mass is 35.5. The minimum atomic E-state index is -0.865. The monoisotopic (exact) mass is 300 g/mol. The van der Waals surface area contributed by atoms with Crippen LogP contribution in [-0.4, -0.2) is 15.2 Å². The molecule has 0 radical (unpaired) electrons. The van der Waals surface area contributed by atoms with Crippen molar-refractivity contribution in [1.82, 2.24) is 10.1 Å². The van der Waals surface area contributed by atoms with Gasteiger partial charge in [-0.2, -0.15) is 0 Å². The third-order valence-electron chi connectivity index (χ3n) is 3.30. The maximum Gasteiger partial charge on any atom is 0.174 e. The van der Waals surface area contributed by atoms with Gasteiger partial charge in [0.1, 0.15) is 6.10 Å². The molecule has 3 rings (SSSR count). The standard InChI is InChI=1S/C16H13ClN2O2/c1-10-14(15(20)11-5-4-8-18-9-11)16(21-19-10)12-6-2-3-7-13(12)17/h2-9,15,20H,1H3. The van der Waals surface area contributed by atoms with E-state index < -0.39 is 6.10 Å². The average molecular weight is 301 g/mol. The normalized spacial score (nSPS) is 12.3. The van der Waals surface area contributed by atoms with Crippen LogP contribution < -0.4 is 0 Å². The van der Waals surface area contributed by atoms with E-state index in [-0.39, 0.29) is 0 Å². The molecule has 1 atom stereocenters. The first kappa shape index (κ1) is 13.8. The molecule has 106 valence electrons. The Balaban J connectivity index is 2.12. The average Bonchev–Trinajstić information content (AvgIpc) is 2.89. The van der Waals surface area contributed by atoms with Gasteiger partial charge in [-0.3, -0.25) is 4.98 Å². The van der Waals surface area contributed by atoms with Crippen molar-refractivity contribution in [1.29, 1.82) is 0 Å². The zero-order chi connectivity index (χ0) is 14.8. The summed E-state index contributed by atoms with van der Waals surface area (Å²) in [6, 6.07) is 10.9. The van der Waals surface area contributed by atoms with Crippen LogP contribution in [-0.2, 0) is 0 Å². The second kappa shape index (κ2) is 5.68. The van der Waals surface area contributed by atoms with E-state index in [4.69, 9.17) is 16.1 Å². The predicted molar refractivity (Wildman–Crippen MR) is 80.0 cm³/mol. The third kappa shape index (κ3) is 2.55. The molecule has 0 aliphatic heterocycles. The molecule has 0 bridgehead atoms. The van der Waals surface area contributed by atoms with Gasteiger partial charge in [0.15, 0.2) is 5.76 Å². The van der Waals surface area contributed by atoms with Crippen LogP contribution >= 0.6 is 11.6 Å². The van der Waals surface area contributed by atoms with Crippen molar-refractivity contribution in [2.24, 2.45) is 0 Å². The summed E-state index contributed by atoms with van der Waals surface area (Å²) in [7, 11) is 0. The Hall–Kier alpha value is -2.17. The molecule has 0 fully saturated rings. The van der Waals surface area contributed by atoms with Gasteiger partial charge in [-0.25, -0.2) is 0 Å². The summed E-state index contributed by atoms with van der Waals surface area (Å²) < 4.78 is 5.39. The number of halogens is 1. The summed E-state index contributed by atoms with van der Waals surface area (Å²) >= 11 is 6.21. The molecular weight excluding hydrogens is 288 g/mol. The van der Waals surface area contributed by atoms with Gasteiger partial charge in [-0.05, 0) is 25.1 Å². The molecule has 0 spiro atoms. The molecule has 3 aromatic rings. The number of hydrogen-bond donors (Lipinski definition) is 1. The van der Waals surface area contributed by atoms with Crippen LogP contribution in [0.3, 0.4) is 0 Å². The van der Waals surface area contributed by atoms with E-state index >= 15 is 0 Å². The number of rotatable bonds is 3. The van der Waals surface area contributed by atoms with Crippen LogP contribution in [0.5, 0.6) is 0 Å². The Labute approximate surface area is 127 Å². The number of aryl methyl sites for hydroxylation is 1. The van der Waals surface area contributed by atoms with E-state index in [1.807, 2.05) is 18.2 Å². The van der Waals surface area contributed by atoms with Crippen LogP contribution in [0.15, 0.2) is 53.3 Å². The Morgan fingerprint density at radius 3 is 2.71 bits per heavy atom. The van der Waals surface area contributed by atoms with E-state index in [2.05, 4.69) is 10.1 Å². The van der Waals surface area contributed by atoms with E-state index in [1.54, 1.807) is 37.5 Å². The SMILES string of the molecule is Cc1noc(-c2ccccc2Cl)c1C(O)c1cccnc1. The van der Waals surface area contributed by atoms with Crippen LogP contribution in [0.1, 0.15) is 22.9 Å². The molecule has 0 aliphatic rings. The summed E-state index contributed by atoms with van der Waals surface area (Å²) in [4.78, 5) is 4.03. The molecule has 1 N–H and O–H groups in total. The molecule has 0 saturated heterocycles. The first-order valence-corrected chi connectivity index (χ1v) is 6.85. The summed E-state index contributed by atoms with van der Waals surface area (Å²) in [6.07, 6.45) is 2.41. The highest BCUT2D eigenvalue weighted by Gasteiger charge is 2.24. The maximum absolute atomic E-state index is 10.6. The lowest BCUT2D eigenvalue weighted by Gasteiger charge is -2.11. The number of pyridine rings is 1. The van der Waals surface area contributed by atoms with Gasteiger partial charge in [-0.15, -0.1) is 0 Å². The number of aliphatic hydroxyl groups is 1. The summed E-state index contributed by atoms with van der Waals surface area (Å²) in [5, 5.41) is 15.1.